The van der Waals surface area contributed by atoms with Gasteiger partial charge in [0.2, 0.25) is 0 Å². The molecule has 0 aliphatic carbocycles. The zero-order chi connectivity index (χ0) is 19.1. The molecule has 5 nitrogen and oxygen atoms in total. The van der Waals surface area contributed by atoms with Gasteiger partial charge in [-0.2, -0.15) is 0 Å². The van der Waals surface area contributed by atoms with Crippen molar-refractivity contribution < 1.29 is 23.8 Å². The van der Waals surface area contributed by atoms with Gasteiger partial charge >= 0.3 is 11.9 Å². The molecular weight excluding hydrogens is 400 g/mol. The molecule has 0 fully saturated rings. The van der Waals surface area contributed by atoms with Crippen molar-refractivity contribution in [1.82, 2.24) is 0 Å². The van der Waals surface area contributed by atoms with E-state index in [1.54, 1.807) is 38.1 Å². The average Bonchev–Trinajstić information content (AvgIpc) is 2.60. The standard InChI is InChI=1S/C20H21BrO5/c1-4-14-8-9-18(17(21)10-14)24-12-19(22)26-16-7-5-6-15(11-16)20(23)25-13(2)3/h5-11,13H,4,12H2,1-3H3. The van der Waals surface area contributed by atoms with Crippen molar-refractivity contribution in [1.29, 1.82) is 0 Å². The summed E-state index contributed by atoms with van der Waals surface area (Å²) in [7, 11) is 0. The van der Waals surface area contributed by atoms with E-state index in [1.165, 1.54) is 6.07 Å². The van der Waals surface area contributed by atoms with Crippen LogP contribution in [0, 0.1) is 0 Å². The smallest absolute Gasteiger partial charge is 0.349 e. The molecule has 0 aromatic heterocycles. The highest BCUT2D eigenvalue weighted by atomic mass is 79.9. The summed E-state index contributed by atoms with van der Waals surface area (Å²) < 4.78 is 16.6. The van der Waals surface area contributed by atoms with Crippen LogP contribution in [0.2, 0.25) is 0 Å². The predicted molar refractivity (Wildman–Crippen MR) is 102 cm³/mol. The molecule has 0 atom stereocenters. The molecule has 0 aliphatic rings. The van der Waals surface area contributed by atoms with Gasteiger partial charge in [0.15, 0.2) is 6.61 Å². The minimum absolute atomic E-state index is 0.223. The number of ether oxygens (including phenoxy) is 3. The van der Waals surface area contributed by atoms with E-state index in [9.17, 15) is 9.59 Å². The lowest BCUT2D eigenvalue weighted by atomic mass is 10.2. The Labute approximate surface area is 161 Å². The fourth-order valence-corrected chi connectivity index (χ4v) is 2.69. The number of esters is 2. The van der Waals surface area contributed by atoms with Gasteiger partial charge in [-0.15, -0.1) is 0 Å². The highest BCUT2D eigenvalue weighted by Gasteiger charge is 2.13. The lowest BCUT2D eigenvalue weighted by molar-refractivity contribution is -0.136. The second-order valence-electron chi connectivity index (χ2n) is 5.86. The van der Waals surface area contributed by atoms with Crippen LogP contribution in [-0.2, 0) is 16.0 Å². The van der Waals surface area contributed by atoms with Crippen LogP contribution >= 0.6 is 15.9 Å². The topological polar surface area (TPSA) is 61.8 Å². The molecule has 2 aromatic carbocycles. The van der Waals surface area contributed by atoms with Crippen LogP contribution in [-0.4, -0.2) is 24.6 Å². The van der Waals surface area contributed by atoms with Crippen LogP contribution in [0.25, 0.3) is 0 Å². The van der Waals surface area contributed by atoms with Gasteiger partial charge < -0.3 is 14.2 Å². The molecule has 0 aliphatic heterocycles. The minimum Gasteiger partial charge on any atom is -0.481 e. The van der Waals surface area contributed by atoms with Crippen LogP contribution in [0.4, 0.5) is 0 Å². The molecule has 26 heavy (non-hydrogen) atoms. The summed E-state index contributed by atoms with van der Waals surface area (Å²) in [6.45, 7) is 5.35. The lowest BCUT2D eigenvalue weighted by Crippen LogP contribution is -2.18. The highest BCUT2D eigenvalue weighted by Crippen LogP contribution is 2.26. The first-order chi connectivity index (χ1) is 12.4. The summed E-state index contributed by atoms with van der Waals surface area (Å²) in [5, 5.41) is 0. The van der Waals surface area contributed by atoms with Crippen molar-refractivity contribution in [3.8, 4) is 11.5 Å². The third-order valence-electron chi connectivity index (χ3n) is 3.39. The largest absolute Gasteiger partial charge is 0.481 e. The lowest BCUT2D eigenvalue weighted by Gasteiger charge is -2.10. The minimum atomic E-state index is -0.564. The quantitative estimate of drug-likeness (QED) is 0.485. The first-order valence-corrected chi connectivity index (χ1v) is 9.11. The van der Waals surface area contributed by atoms with Crippen LogP contribution in [0.1, 0.15) is 36.7 Å². The summed E-state index contributed by atoms with van der Waals surface area (Å²) >= 11 is 3.42. The molecular formula is C20H21BrO5. The number of hydrogen-bond acceptors (Lipinski definition) is 5. The SMILES string of the molecule is CCc1ccc(OCC(=O)Oc2cccc(C(=O)OC(C)C)c2)c(Br)c1. The van der Waals surface area contributed by atoms with Gasteiger partial charge in [-0.05, 0) is 72.1 Å². The van der Waals surface area contributed by atoms with E-state index in [2.05, 4.69) is 22.9 Å². The van der Waals surface area contributed by atoms with E-state index in [0.29, 0.717) is 11.3 Å². The molecule has 0 spiro atoms. The van der Waals surface area contributed by atoms with Crippen molar-refractivity contribution >= 4 is 27.9 Å². The Morgan fingerprint density at radius 3 is 2.54 bits per heavy atom. The summed E-state index contributed by atoms with van der Waals surface area (Å²) in [6, 6.07) is 12.0. The molecule has 0 heterocycles. The summed E-state index contributed by atoms with van der Waals surface area (Å²) in [5.41, 5.74) is 1.49. The highest BCUT2D eigenvalue weighted by molar-refractivity contribution is 9.10. The molecule has 2 aromatic rings. The fourth-order valence-electron chi connectivity index (χ4n) is 2.15. The van der Waals surface area contributed by atoms with E-state index in [0.717, 1.165) is 16.5 Å². The van der Waals surface area contributed by atoms with Gasteiger partial charge in [-0.1, -0.05) is 19.1 Å². The van der Waals surface area contributed by atoms with Gasteiger partial charge in [0.25, 0.3) is 0 Å². The number of carbonyl (C=O) groups excluding carboxylic acids is 2. The van der Waals surface area contributed by atoms with E-state index < -0.39 is 11.9 Å². The van der Waals surface area contributed by atoms with Crippen LogP contribution in [0.5, 0.6) is 11.5 Å². The molecule has 6 heteroatoms. The third kappa shape index (κ3) is 5.88. The Morgan fingerprint density at radius 2 is 1.88 bits per heavy atom. The number of benzene rings is 2. The fraction of sp³-hybridized carbons (Fsp3) is 0.300. The van der Waals surface area contributed by atoms with Crippen molar-refractivity contribution in [3.05, 3.63) is 58.1 Å². The molecule has 0 saturated heterocycles. The molecule has 0 amide bonds. The monoisotopic (exact) mass is 420 g/mol. The maximum absolute atomic E-state index is 12.0. The Kier molecular flexibility index (Phi) is 7.21. The maximum Gasteiger partial charge on any atom is 0.349 e. The van der Waals surface area contributed by atoms with Crippen molar-refractivity contribution in [3.63, 3.8) is 0 Å². The van der Waals surface area contributed by atoms with Gasteiger partial charge in [-0.3, -0.25) is 0 Å². The third-order valence-corrected chi connectivity index (χ3v) is 4.01. The van der Waals surface area contributed by atoms with E-state index in [1.807, 2.05) is 12.1 Å². The second kappa shape index (κ2) is 9.38. The van der Waals surface area contributed by atoms with Crippen molar-refractivity contribution in [2.75, 3.05) is 6.61 Å². The zero-order valence-corrected chi connectivity index (χ0v) is 16.5. The molecule has 0 saturated carbocycles. The number of rotatable bonds is 7. The van der Waals surface area contributed by atoms with Gasteiger partial charge in [0.1, 0.15) is 11.5 Å². The van der Waals surface area contributed by atoms with E-state index in [4.69, 9.17) is 14.2 Å². The van der Waals surface area contributed by atoms with Crippen LogP contribution < -0.4 is 9.47 Å². The number of aryl methyl sites for hydroxylation is 1. The Balaban J connectivity index is 1.94. The van der Waals surface area contributed by atoms with Gasteiger partial charge in [-0.25, -0.2) is 9.59 Å². The molecule has 0 unspecified atom stereocenters. The summed E-state index contributed by atoms with van der Waals surface area (Å²) in [5.74, 6) is -0.203. The van der Waals surface area contributed by atoms with Crippen LogP contribution in [0.3, 0.4) is 0 Å². The Hall–Kier alpha value is -2.34. The van der Waals surface area contributed by atoms with Crippen LogP contribution in [0.15, 0.2) is 46.9 Å². The molecule has 0 radical (unpaired) electrons. The molecule has 2 rings (SSSR count). The van der Waals surface area contributed by atoms with E-state index in [-0.39, 0.29) is 18.5 Å². The van der Waals surface area contributed by atoms with Gasteiger partial charge in [0, 0.05) is 0 Å². The normalized spacial score (nSPS) is 10.5. The average molecular weight is 421 g/mol. The number of hydrogen-bond donors (Lipinski definition) is 0. The number of carbonyl (C=O) groups is 2. The maximum atomic E-state index is 12.0. The number of halogens is 1. The second-order valence-corrected chi connectivity index (χ2v) is 6.72. The first-order valence-electron chi connectivity index (χ1n) is 8.32. The zero-order valence-electron chi connectivity index (χ0n) is 15.0. The molecule has 138 valence electrons. The summed E-state index contributed by atoms with van der Waals surface area (Å²) in [6.07, 6.45) is 0.691. The van der Waals surface area contributed by atoms with Crippen molar-refractivity contribution in [2.45, 2.75) is 33.3 Å². The predicted octanol–water partition coefficient (Wildman–Crippen LogP) is 4.56. The summed E-state index contributed by atoms with van der Waals surface area (Å²) in [4.78, 5) is 23.9. The Bertz CT molecular complexity index is 786. The molecule has 0 bridgehead atoms. The van der Waals surface area contributed by atoms with Crippen molar-refractivity contribution in [2.24, 2.45) is 0 Å². The van der Waals surface area contributed by atoms with E-state index >= 15 is 0 Å². The first kappa shape index (κ1) is 20.0. The Morgan fingerprint density at radius 1 is 1.12 bits per heavy atom. The van der Waals surface area contributed by atoms with Gasteiger partial charge in [0.05, 0.1) is 16.1 Å². The molecule has 0 N–H and O–H groups in total.